The minimum Gasteiger partial charge on any atom is -0.387 e. The second-order valence-electron chi connectivity index (χ2n) is 5.92. The summed E-state index contributed by atoms with van der Waals surface area (Å²) in [4.78, 5) is 0. The van der Waals surface area contributed by atoms with Gasteiger partial charge >= 0.3 is 0 Å². The number of aliphatic hydroxyl groups is 1. The number of aliphatic hydroxyl groups excluding tert-OH is 1. The Bertz CT molecular complexity index is 568. The average molecular weight is 304 g/mol. The van der Waals surface area contributed by atoms with E-state index in [0.29, 0.717) is 11.6 Å². The maximum atomic E-state index is 10.2. The largest absolute Gasteiger partial charge is 0.387 e. The standard InChI is InChI=1S/C18H22ClNO/c1-18(2,14-8-4-3-5-9-14)13-20-12-17(21)15-10-6-7-11-16(15)19/h3-11,17,20-21H,12-13H2,1-2H3. The highest BCUT2D eigenvalue weighted by molar-refractivity contribution is 6.31. The number of hydrogen-bond donors (Lipinski definition) is 2. The fraction of sp³-hybridized carbons (Fsp3) is 0.333. The van der Waals surface area contributed by atoms with E-state index in [2.05, 4.69) is 43.4 Å². The van der Waals surface area contributed by atoms with Gasteiger partial charge < -0.3 is 10.4 Å². The van der Waals surface area contributed by atoms with Crippen LogP contribution in [0.5, 0.6) is 0 Å². The quantitative estimate of drug-likeness (QED) is 0.847. The van der Waals surface area contributed by atoms with E-state index in [4.69, 9.17) is 11.6 Å². The second kappa shape index (κ2) is 7.08. The molecule has 0 amide bonds. The molecule has 0 bridgehead atoms. The van der Waals surface area contributed by atoms with Crippen LogP contribution in [-0.2, 0) is 5.41 Å². The lowest BCUT2D eigenvalue weighted by Gasteiger charge is -2.26. The van der Waals surface area contributed by atoms with Gasteiger partial charge in [-0.3, -0.25) is 0 Å². The molecule has 0 radical (unpaired) electrons. The molecule has 0 aliphatic carbocycles. The molecule has 0 saturated heterocycles. The molecule has 112 valence electrons. The van der Waals surface area contributed by atoms with Crippen molar-refractivity contribution in [3.63, 3.8) is 0 Å². The zero-order valence-electron chi connectivity index (χ0n) is 12.5. The second-order valence-corrected chi connectivity index (χ2v) is 6.33. The molecule has 0 aromatic heterocycles. The first-order valence-corrected chi connectivity index (χ1v) is 7.57. The van der Waals surface area contributed by atoms with Gasteiger partial charge in [-0.05, 0) is 11.6 Å². The highest BCUT2D eigenvalue weighted by Crippen LogP contribution is 2.24. The van der Waals surface area contributed by atoms with Gasteiger partial charge in [0.1, 0.15) is 0 Å². The number of benzene rings is 2. The monoisotopic (exact) mass is 303 g/mol. The van der Waals surface area contributed by atoms with Gasteiger partial charge in [0.15, 0.2) is 0 Å². The van der Waals surface area contributed by atoms with Crippen LogP contribution >= 0.6 is 11.6 Å². The first kappa shape index (κ1) is 16.0. The zero-order valence-corrected chi connectivity index (χ0v) is 13.3. The summed E-state index contributed by atoms with van der Waals surface area (Å²) in [5.74, 6) is 0. The molecule has 2 N–H and O–H groups in total. The summed E-state index contributed by atoms with van der Waals surface area (Å²) in [6.07, 6.45) is -0.592. The Kier molecular flexibility index (Phi) is 5.40. The average Bonchev–Trinajstić information content (AvgIpc) is 2.48. The summed E-state index contributed by atoms with van der Waals surface area (Å²) < 4.78 is 0. The van der Waals surface area contributed by atoms with Crippen molar-refractivity contribution in [1.29, 1.82) is 0 Å². The molecular formula is C18H22ClNO. The number of hydrogen-bond acceptors (Lipinski definition) is 2. The summed E-state index contributed by atoms with van der Waals surface area (Å²) in [5.41, 5.74) is 2.07. The molecule has 1 unspecified atom stereocenters. The maximum absolute atomic E-state index is 10.2. The summed E-state index contributed by atoms with van der Waals surface area (Å²) in [6, 6.07) is 17.8. The third kappa shape index (κ3) is 4.31. The first-order chi connectivity index (χ1) is 10.0. The highest BCUT2D eigenvalue weighted by Gasteiger charge is 2.20. The minimum atomic E-state index is -0.592. The summed E-state index contributed by atoms with van der Waals surface area (Å²) >= 11 is 6.10. The van der Waals surface area contributed by atoms with E-state index in [1.54, 1.807) is 6.07 Å². The van der Waals surface area contributed by atoms with Gasteiger partial charge in [-0.25, -0.2) is 0 Å². The summed E-state index contributed by atoms with van der Waals surface area (Å²) in [5, 5.41) is 14.2. The Hall–Kier alpha value is -1.35. The Morgan fingerprint density at radius 2 is 1.67 bits per heavy atom. The smallest absolute Gasteiger partial charge is 0.0928 e. The van der Waals surface area contributed by atoms with E-state index >= 15 is 0 Å². The molecule has 3 heteroatoms. The lowest BCUT2D eigenvalue weighted by atomic mass is 9.84. The molecule has 2 aromatic rings. The van der Waals surface area contributed by atoms with Crippen LogP contribution in [0.4, 0.5) is 0 Å². The van der Waals surface area contributed by atoms with E-state index in [0.717, 1.165) is 12.1 Å². The molecule has 0 aliphatic rings. The van der Waals surface area contributed by atoms with Gasteiger partial charge in [0.25, 0.3) is 0 Å². The third-order valence-corrected chi connectivity index (χ3v) is 4.07. The fourth-order valence-electron chi connectivity index (χ4n) is 2.37. The lowest BCUT2D eigenvalue weighted by molar-refractivity contribution is 0.172. The Labute approximate surface area is 131 Å². The summed E-state index contributed by atoms with van der Waals surface area (Å²) in [6.45, 7) is 5.66. The van der Waals surface area contributed by atoms with Gasteiger partial charge in [-0.1, -0.05) is 74.0 Å². The predicted molar refractivity (Wildman–Crippen MR) is 88.7 cm³/mol. The van der Waals surface area contributed by atoms with Crippen molar-refractivity contribution >= 4 is 11.6 Å². The first-order valence-electron chi connectivity index (χ1n) is 7.19. The predicted octanol–water partition coefficient (Wildman–Crippen LogP) is 3.94. The third-order valence-electron chi connectivity index (χ3n) is 3.72. The molecule has 2 rings (SSSR count). The van der Waals surface area contributed by atoms with Gasteiger partial charge in [0.05, 0.1) is 6.10 Å². The van der Waals surface area contributed by atoms with Crippen LogP contribution in [0, 0.1) is 0 Å². The highest BCUT2D eigenvalue weighted by atomic mass is 35.5. The van der Waals surface area contributed by atoms with Crippen molar-refractivity contribution < 1.29 is 5.11 Å². The van der Waals surface area contributed by atoms with Crippen molar-refractivity contribution in [2.24, 2.45) is 0 Å². The SMILES string of the molecule is CC(C)(CNCC(O)c1ccccc1Cl)c1ccccc1. The topological polar surface area (TPSA) is 32.3 Å². The zero-order chi connectivity index (χ0) is 15.3. The van der Waals surface area contributed by atoms with E-state index in [9.17, 15) is 5.11 Å². The van der Waals surface area contributed by atoms with Crippen molar-refractivity contribution in [3.05, 3.63) is 70.7 Å². The van der Waals surface area contributed by atoms with Gasteiger partial charge in [0, 0.05) is 29.1 Å². The maximum Gasteiger partial charge on any atom is 0.0928 e. The molecule has 0 fully saturated rings. The molecule has 0 aliphatic heterocycles. The molecule has 0 spiro atoms. The number of nitrogens with one attached hydrogen (secondary N) is 1. The molecule has 0 saturated carbocycles. The van der Waals surface area contributed by atoms with E-state index in [1.807, 2.05) is 24.3 Å². The van der Waals surface area contributed by atoms with Crippen LogP contribution in [0.1, 0.15) is 31.1 Å². The van der Waals surface area contributed by atoms with Crippen LogP contribution in [0.15, 0.2) is 54.6 Å². The minimum absolute atomic E-state index is 0.0153. The van der Waals surface area contributed by atoms with Crippen LogP contribution in [-0.4, -0.2) is 18.2 Å². The van der Waals surface area contributed by atoms with Gasteiger partial charge in [-0.2, -0.15) is 0 Å². The number of rotatable bonds is 6. The molecule has 1 atom stereocenters. The lowest BCUT2D eigenvalue weighted by Crippen LogP contribution is -2.35. The Morgan fingerprint density at radius 3 is 2.33 bits per heavy atom. The number of halogens is 1. The van der Waals surface area contributed by atoms with Crippen LogP contribution in [0.25, 0.3) is 0 Å². The van der Waals surface area contributed by atoms with Crippen molar-refractivity contribution in [1.82, 2.24) is 5.32 Å². The van der Waals surface area contributed by atoms with Crippen LogP contribution in [0.2, 0.25) is 5.02 Å². The molecule has 2 aromatic carbocycles. The molecule has 0 heterocycles. The van der Waals surface area contributed by atoms with Crippen LogP contribution < -0.4 is 5.32 Å². The van der Waals surface area contributed by atoms with E-state index in [1.165, 1.54) is 5.56 Å². The van der Waals surface area contributed by atoms with E-state index < -0.39 is 6.10 Å². The molecular weight excluding hydrogens is 282 g/mol. The molecule has 2 nitrogen and oxygen atoms in total. The Morgan fingerprint density at radius 1 is 1.05 bits per heavy atom. The Balaban J connectivity index is 1.91. The van der Waals surface area contributed by atoms with E-state index in [-0.39, 0.29) is 5.41 Å². The molecule has 21 heavy (non-hydrogen) atoms. The van der Waals surface area contributed by atoms with Gasteiger partial charge in [-0.15, -0.1) is 0 Å². The van der Waals surface area contributed by atoms with Gasteiger partial charge in [0.2, 0.25) is 0 Å². The fourth-order valence-corrected chi connectivity index (χ4v) is 2.63. The van der Waals surface area contributed by atoms with Crippen molar-refractivity contribution in [3.8, 4) is 0 Å². The normalized spacial score (nSPS) is 13.1. The van der Waals surface area contributed by atoms with Crippen molar-refractivity contribution in [2.45, 2.75) is 25.4 Å². The van der Waals surface area contributed by atoms with Crippen molar-refractivity contribution in [2.75, 3.05) is 13.1 Å². The van der Waals surface area contributed by atoms with Crippen LogP contribution in [0.3, 0.4) is 0 Å². The summed E-state index contributed by atoms with van der Waals surface area (Å²) in [7, 11) is 0.